The number of rotatable bonds is 2. The van der Waals surface area contributed by atoms with Gasteiger partial charge in [-0.15, -0.1) is 0 Å². The van der Waals surface area contributed by atoms with Gasteiger partial charge in [-0.25, -0.2) is 0 Å². The molecule has 1 amide bonds. The van der Waals surface area contributed by atoms with E-state index < -0.39 is 0 Å². The molecule has 96 valence electrons. The lowest BCUT2D eigenvalue weighted by Crippen LogP contribution is -2.11. The van der Waals surface area contributed by atoms with Gasteiger partial charge in [-0.3, -0.25) is 4.79 Å². The summed E-state index contributed by atoms with van der Waals surface area (Å²) in [5, 5.41) is 6.20. The minimum Gasteiger partial charge on any atom is -0.351 e. The molecule has 1 heterocycles. The van der Waals surface area contributed by atoms with Crippen molar-refractivity contribution in [3.63, 3.8) is 0 Å². The highest BCUT2D eigenvalue weighted by molar-refractivity contribution is 6.02. The van der Waals surface area contributed by atoms with Gasteiger partial charge in [0.1, 0.15) is 0 Å². The molecule has 0 fully saturated rings. The van der Waals surface area contributed by atoms with Crippen LogP contribution in [0.1, 0.15) is 21.7 Å². The lowest BCUT2D eigenvalue weighted by atomic mass is 10.1. The van der Waals surface area contributed by atoms with Gasteiger partial charge in [-0.05, 0) is 24.6 Å². The van der Waals surface area contributed by atoms with E-state index >= 15 is 0 Å². The largest absolute Gasteiger partial charge is 0.351 e. The highest BCUT2D eigenvalue weighted by atomic mass is 16.5. The number of benzene rings is 1. The second-order valence-corrected chi connectivity index (χ2v) is 3.87. The summed E-state index contributed by atoms with van der Waals surface area (Å²) in [6.07, 6.45) is 1.42. The first kappa shape index (κ1) is 12.9. The summed E-state index contributed by atoms with van der Waals surface area (Å²) in [7, 11) is 0. The molecule has 5 heteroatoms. The van der Waals surface area contributed by atoms with Gasteiger partial charge in [0, 0.05) is 17.3 Å². The average molecular weight is 255 g/mol. The molecule has 19 heavy (non-hydrogen) atoms. The second-order valence-electron chi connectivity index (χ2n) is 3.87. The Balaban J connectivity index is 2.19. The maximum Gasteiger partial charge on any atom is 0.294 e. The minimum absolute atomic E-state index is 0.162. The summed E-state index contributed by atoms with van der Waals surface area (Å²) in [5.74, 6) is 5.56. The van der Waals surface area contributed by atoms with Crippen molar-refractivity contribution >= 4 is 11.6 Å². The Kier molecular flexibility index (Phi) is 3.96. The fourth-order valence-corrected chi connectivity index (χ4v) is 1.51. The predicted octanol–water partition coefficient (Wildman–Crippen LogP) is 1.55. The number of nitrogens with one attached hydrogen (secondary N) is 1. The molecule has 0 atom stereocenters. The third kappa shape index (κ3) is 3.21. The van der Waals surface area contributed by atoms with E-state index in [1.165, 1.54) is 12.3 Å². The molecule has 1 aromatic carbocycles. The first-order valence-corrected chi connectivity index (χ1v) is 5.72. The summed E-state index contributed by atoms with van der Waals surface area (Å²) in [4.78, 5) is 11.8. The molecule has 0 aliphatic heterocycles. The Morgan fingerprint density at radius 2 is 2.32 bits per heavy atom. The molecule has 1 aromatic heterocycles. The molecule has 5 nitrogen and oxygen atoms in total. The van der Waals surface area contributed by atoms with E-state index in [1.54, 1.807) is 12.1 Å². The highest BCUT2D eigenvalue weighted by Crippen LogP contribution is 2.15. The quantitative estimate of drug-likeness (QED) is 0.798. The van der Waals surface area contributed by atoms with Gasteiger partial charge in [0.2, 0.25) is 5.76 Å². The molecular formula is C14H13N3O2. The Morgan fingerprint density at radius 3 is 3.00 bits per heavy atom. The number of carbonyl (C=O) groups is 1. The van der Waals surface area contributed by atoms with E-state index in [1.807, 2.05) is 13.0 Å². The van der Waals surface area contributed by atoms with Gasteiger partial charge in [0.25, 0.3) is 5.91 Å². The number of hydrogen-bond donors (Lipinski definition) is 2. The molecule has 0 unspecified atom stereocenters. The summed E-state index contributed by atoms with van der Waals surface area (Å²) in [6, 6.07) is 6.98. The predicted molar refractivity (Wildman–Crippen MR) is 71.6 cm³/mol. The van der Waals surface area contributed by atoms with Crippen LogP contribution >= 0.6 is 0 Å². The molecule has 0 saturated carbocycles. The lowest BCUT2D eigenvalue weighted by Gasteiger charge is -2.05. The van der Waals surface area contributed by atoms with E-state index in [0.717, 1.165) is 11.1 Å². The van der Waals surface area contributed by atoms with Crippen molar-refractivity contribution in [1.82, 2.24) is 5.16 Å². The third-order valence-electron chi connectivity index (χ3n) is 2.48. The van der Waals surface area contributed by atoms with Crippen LogP contribution in [0.4, 0.5) is 5.69 Å². The number of aryl methyl sites for hydroxylation is 1. The Labute approximate surface area is 110 Å². The van der Waals surface area contributed by atoms with Crippen molar-refractivity contribution in [2.75, 3.05) is 11.9 Å². The summed E-state index contributed by atoms with van der Waals surface area (Å²) >= 11 is 0. The summed E-state index contributed by atoms with van der Waals surface area (Å²) in [5.41, 5.74) is 7.85. The second kappa shape index (κ2) is 5.85. The van der Waals surface area contributed by atoms with Gasteiger partial charge in [0.15, 0.2) is 0 Å². The van der Waals surface area contributed by atoms with Crippen LogP contribution in [-0.2, 0) is 0 Å². The fraction of sp³-hybridized carbons (Fsp3) is 0.143. The van der Waals surface area contributed by atoms with Crippen LogP contribution < -0.4 is 11.1 Å². The van der Waals surface area contributed by atoms with Gasteiger partial charge < -0.3 is 15.6 Å². The average Bonchev–Trinajstić information content (AvgIpc) is 2.93. The first-order valence-electron chi connectivity index (χ1n) is 5.72. The standard InChI is InChI=1S/C14H13N3O2/c1-10-4-5-12(9-11(10)3-2-7-15)17-14(18)13-6-8-16-19-13/h4-6,8-9H,7,15H2,1H3,(H,17,18). The Bertz CT molecular complexity index is 636. The van der Waals surface area contributed by atoms with E-state index in [2.05, 4.69) is 22.3 Å². The maximum absolute atomic E-state index is 11.8. The monoisotopic (exact) mass is 255 g/mol. The molecule has 0 radical (unpaired) electrons. The zero-order valence-electron chi connectivity index (χ0n) is 10.4. The van der Waals surface area contributed by atoms with E-state index in [9.17, 15) is 4.79 Å². The molecule has 0 bridgehead atoms. The van der Waals surface area contributed by atoms with Crippen molar-refractivity contribution < 1.29 is 9.32 Å². The van der Waals surface area contributed by atoms with Crippen molar-refractivity contribution in [3.05, 3.63) is 47.3 Å². The minimum atomic E-state index is -0.348. The van der Waals surface area contributed by atoms with Crippen LogP contribution in [-0.4, -0.2) is 17.6 Å². The molecule has 3 N–H and O–H groups in total. The third-order valence-corrected chi connectivity index (χ3v) is 2.48. The molecule has 0 aliphatic rings. The number of aromatic nitrogens is 1. The highest BCUT2D eigenvalue weighted by Gasteiger charge is 2.10. The number of nitrogens with zero attached hydrogens (tertiary/aromatic N) is 1. The molecular weight excluding hydrogens is 242 g/mol. The smallest absolute Gasteiger partial charge is 0.294 e. The van der Waals surface area contributed by atoms with Gasteiger partial charge in [-0.1, -0.05) is 23.1 Å². The van der Waals surface area contributed by atoms with Crippen molar-refractivity contribution in [1.29, 1.82) is 0 Å². The van der Waals surface area contributed by atoms with Crippen molar-refractivity contribution in [2.24, 2.45) is 5.73 Å². The van der Waals surface area contributed by atoms with Crippen LogP contribution in [0.3, 0.4) is 0 Å². The number of hydrogen-bond acceptors (Lipinski definition) is 4. The molecule has 2 rings (SSSR count). The van der Waals surface area contributed by atoms with Crippen LogP contribution in [0.2, 0.25) is 0 Å². The Hall–Kier alpha value is -2.58. The zero-order chi connectivity index (χ0) is 13.7. The first-order chi connectivity index (χ1) is 9.20. The molecule has 2 aromatic rings. The Morgan fingerprint density at radius 1 is 1.47 bits per heavy atom. The topological polar surface area (TPSA) is 81.2 Å². The molecule has 0 aliphatic carbocycles. The number of anilines is 1. The van der Waals surface area contributed by atoms with Crippen LogP contribution in [0.15, 0.2) is 35.0 Å². The SMILES string of the molecule is Cc1ccc(NC(=O)c2ccno2)cc1C#CCN. The van der Waals surface area contributed by atoms with Crippen molar-refractivity contribution in [3.8, 4) is 11.8 Å². The number of carbonyl (C=O) groups excluding carboxylic acids is 1. The normalized spacial score (nSPS) is 9.58. The van der Waals surface area contributed by atoms with E-state index in [0.29, 0.717) is 12.2 Å². The molecule has 0 saturated heterocycles. The van der Waals surface area contributed by atoms with E-state index in [4.69, 9.17) is 10.3 Å². The zero-order valence-corrected chi connectivity index (χ0v) is 10.4. The van der Waals surface area contributed by atoms with E-state index in [-0.39, 0.29) is 11.7 Å². The number of nitrogens with two attached hydrogens (primary N) is 1. The lowest BCUT2D eigenvalue weighted by molar-refractivity contribution is 0.0988. The fourth-order valence-electron chi connectivity index (χ4n) is 1.51. The van der Waals surface area contributed by atoms with Crippen molar-refractivity contribution in [2.45, 2.75) is 6.92 Å². The van der Waals surface area contributed by atoms with Crippen LogP contribution in [0, 0.1) is 18.8 Å². The number of amides is 1. The molecule has 0 spiro atoms. The van der Waals surface area contributed by atoms with Gasteiger partial charge in [0.05, 0.1) is 12.7 Å². The van der Waals surface area contributed by atoms with Crippen LogP contribution in [0.25, 0.3) is 0 Å². The van der Waals surface area contributed by atoms with Gasteiger partial charge in [-0.2, -0.15) is 0 Å². The summed E-state index contributed by atoms with van der Waals surface area (Å²) < 4.78 is 4.78. The van der Waals surface area contributed by atoms with Crippen LogP contribution in [0.5, 0.6) is 0 Å². The van der Waals surface area contributed by atoms with Gasteiger partial charge >= 0.3 is 0 Å². The summed E-state index contributed by atoms with van der Waals surface area (Å²) in [6.45, 7) is 2.25. The maximum atomic E-state index is 11.8.